The molecule has 0 bridgehead atoms. The molecule has 2 aromatic carbocycles. The fourth-order valence-corrected chi connectivity index (χ4v) is 4.88. The van der Waals surface area contributed by atoms with E-state index in [-0.39, 0.29) is 37.5 Å². The second-order valence-electron chi connectivity index (χ2n) is 7.08. The number of amides is 1. The number of carbonyl (C=O) groups excluding carboxylic acids is 2. The molecular formula is C22H24ClNO7S. The number of para-hydroxylation sites is 1. The maximum atomic E-state index is 13.2. The van der Waals surface area contributed by atoms with Gasteiger partial charge in [0.15, 0.2) is 0 Å². The average molecular weight is 482 g/mol. The number of rotatable bonds is 8. The van der Waals surface area contributed by atoms with Crippen molar-refractivity contribution in [3.63, 3.8) is 0 Å². The van der Waals surface area contributed by atoms with Gasteiger partial charge in [0.1, 0.15) is 5.75 Å². The number of benzene rings is 2. The van der Waals surface area contributed by atoms with Crippen molar-refractivity contribution in [1.29, 1.82) is 0 Å². The summed E-state index contributed by atoms with van der Waals surface area (Å²) in [7, 11) is -4.27. The highest BCUT2D eigenvalue weighted by atomic mass is 35.5. The molecule has 0 saturated carbocycles. The van der Waals surface area contributed by atoms with Crippen LogP contribution in [-0.2, 0) is 30.7 Å². The van der Waals surface area contributed by atoms with Crippen LogP contribution in [0.2, 0.25) is 5.02 Å². The minimum Gasteiger partial charge on any atom is -0.475 e. The highest BCUT2D eigenvalue weighted by Gasteiger charge is 2.48. The second kappa shape index (κ2) is 9.79. The van der Waals surface area contributed by atoms with E-state index < -0.39 is 27.7 Å². The predicted octanol–water partition coefficient (Wildman–Crippen LogP) is 3.81. The molecule has 0 N–H and O–H groups in total. The summed E-state index contributed by atoms with van der Waals surface area (Å²) in [6, 6.07) is 12.6. The molecule has 0 fully saturated rings. The van der Waals surface area contributed by atoms with Crippen LogP contribution in [0.3, 0.4) is 0 Å². The molecule has 172 valence electrons. The van der Waals surface area contributed by atoms with Crippen LogP contribution in [0.4, 0.5) is 4.79 Å². The van der Waals surface area contributed by atoms with Gasteiger partial charge >= 0.3 is 12.1 Å². The van der Waals surface area contributed by atoms with Gasteiger partial charge in [0.2, 0.25) is 5.60 Å². The summed E-state index contributed by atoms with van der Waals surface area (Å²) in [6.45, 7) is 3.00. The predicted molar refractivity (Wildman–Crippen MR) is 117 cm³/mol. The van der Waals surface area contributed by atoms with E-state index in [1.807, 2.05) is 12.1 Å². The maximum Gasteiger partial charge on any atom is 0.423 e. The lowest BCUT2D eigenvalue weighted by atomic mass is 9.93. The molecule has 3 rings (SSSR count). The Morgan fingerprint density at radius 1 is 1.06 bits per heavy atom. The summed E-state index contributed by atoms with van der Waals surface area (Å²) in [4.78, 5) is 25.3. The van der Waals surface area contributed by atoms with E-state index in [0.717, 1.165) is 5.56 Å². The van der Waals surface area contributed by atoms with Crippen molar-refractivity contribution in [2.45, 2.75) is 37.2 Å². The Kier molecular flexibility index (Phi) is 7.30. The third-order valence-corrected chi connectivity index (χ3v) is 7.02. The minimum atomic E-state index is -4.27. The highest BCUT2D eigenvalue weighted by Crippen LogP contribution is 2.38. The first-order chi connectivity index (χ1) is 15.2. The lowest BCUT2D eigenvalue weighted by Gasteiger charge is -2.29. The van der Waals surface area contributed by atoms with Crippen molar-refractivity contribution in [2.75, 3.05) is 19.8 Å². The maximum absolute atomic E-state index is 13.2. The first kappa shape index (κ1) is 23.9. The quantitative estimate of drug-likeness (QED) is 0.528. The van der Waals surface area contributed by atoms with Gasteiger partial charge < -0.3 is 14.2 Å². The largest absolute Gasteiger partial charge is 0.475 e. The zero-order chi connectivity index (χ0) is 23.4. The number of sulfonamides is 1. The highest BCUT2D eigenvalue weighted by molar-refractivity contribution is 7.89. The number of hydrogen-bond donors (Lipinski definition) is 0. The monoisotopic (exact) mass is 481 g/mol. The Morgan fingerprint density at radius 2 is 1.72 bits per heavy atom. The number of carbonyl (C=O) groups is 2. The molecular weight excluding hydrogens is 458 g/mol. The Morgan fingerprint density at radius 3 is 2.34 bits per heavy atom. The van der Waals surface area contributed by atoms with Crippen LogP contribution in [0.5, 0.6) is 5.75 Å². The Balaban J connectivity index is 1.92. The molecule has 0 saturated heterocycles. The normalized spacial score (nSPS) is 17.2. The Bertz CT molecular complexity index is 1060. The number of esters is 1. The van der Waals surface area contributed by atoms with E-state index in [2.05, 4.69) is 0 Å². The van der Waals surface area contributed by atoms with Crippen LogP contribution >= 0.6 is 11.6 Å². The fourth-order valence-electron chi connectivity index (χ4n) is 3.44. The van der Waals surface area contributed by atoms with Gasteiger partial charge in [0, 0.05) is 24.4 Å². The summed E-state index contributed by atoms with van der Waals surface area (Å²) in [5, 5.41) is 0.352. The van der Waals surface area contributed by atoms with E-state index >= 15 is 0 Å². The Hall–Kier alpha value is -2.78. The zero-order valence-electron chi connectivity index (χ0n) is 17.7. The summed E-state index contributed by atoms with van der Waals surface area (Å²) in [5.74, 6) is -0.104. The third-order valence-electron chi connectivity index (χ3n) is 4.99. The first-order valence-corrected chi connectivity index (χ1v) is 11.9. The van der Waals surface area contributed by atoms with Gasteiger partial charge in [-0.05, 0) is 49.7 Å². The molecule has 1 atom stereocenters. The lowest BCUT2D eigenvalue weighted by Crippen LogP contribution is -2.49. The van der Waals surface area contributed by atoms with Crippen LogP contribution in [0, 0.1) is 0 Å². The smallest absolute Gasteiger partial charge is 0.423 e. The zero-order valence-corrected chi connectivity index (χ0v) is 19.3. The molecule has 32 heavy (non-hydrogen) atoms. The SMILES string of the molecule is CCOC(=O)N(CCC1(C(=O)OCC)Cc2ccccc2O1)S(=O)(=O)c1ccc(Cl)cc1. The molecule has 1 aliphatic rings. The molecule has 1 unspecified atom stereocenters. The average Bonchev–Trinajstić information content (AvgIpc) is 3.14. The number of nitrogens with zero attached hydrogens (tertiary/aromatic N) is 1. The minimum absolute atomic E-state index is 0.0174. The van der Waals surface area contributed by atoms with Crippen molar-refractivity contribution in [2.24, 2.45) is 0 Å². The number of halogens is 1. The standard InChI is InChI=1S/C22H24ClNO7S/c1-3-29-20(25)22(15-16-7-5-6-8-19(16)31-22)13-14-24(21(26)30-4-2)32(27,28)18-11-9-17(23)10-12-18/h5-12H,3-4,13-15H2,1-2H3. The van der Waals surface area contributed by atoms with Gasteiger partial charge in [-0.1, -0.05) is 29.8 Å². The molecule has 8 nitrogen and oxygen atoms in total. The molecule has 1 heterocycles. The van der Waals surface area contributed by atoms with E-state index in [1.54, 1.807) is 26.0 Å². The van der Waals surface area contributed by atoms with Crippen molar-refractivity contribution in [3.8, 4) is 5.75 Å². The van der Waals surface area contributed by atoms with Gasteiger partial charge in [0.25, 0.3) is 10.0 Å². The molecule has 2 aromatic rings. The molecule has 10 heteroatoms. The van der Waals surface area contributed by atoms with Gasteiger partial charge in [0.05, 0.1) is 18.1 Å². The summed E-state index contributed by atoms with van der Waals surface area (Å²) in [5.41, 5.74) is -0.663. The van der Waals surface area contributed by atoms with E-state index in [1.165, 1.54) is 24.3 Å². The van der Waals surface area contributed by atoms with Crippen LogP contribution in [0.15, 0.2) is 53.4 Å². The summed E-state index contributed by atoms with van der Waals surface area (Å²) in [6.07, 6.45) is -0.969. The van der Waals surface area contributed by atoms with Crippen LogP contribution in [0.25, 0.3) is 0 Å². The van der Waals surface area contributed by atoms with Gasteiger partial charge in [-0.25, -0.2) is 22.3 Å². The first-order valence-electron chi connectivity index (χ1n) is 10.1. The molecule has 0 radical (unpaired) electrons. The lowest BCUT2D eigenvalue weighted by molar-refractivity contribution is -0.161. The van der Waals surface area contributed by atoms with Crippen LogP contribution in [-0.4, -0.2) is 50.1 Å². The number of ether oxygens (including phenoxy) is 3. The van der Waals surface area contributed by atoms with Gasteiger partial charge in [-0.15, -0.1) is 0 Å². The Labute approximate surface area is 192 Å². The molecule has 1 aliphatic heterocycles. The molecule has 0 aromatic heterocycles. The van der Waals surface area contributed by atoms with E-state index in [4.69, 9.17) is 25.8 Å². The number of fused-ring (bicyclic) bond motifs is 1. The van der Waals surface area contributed by atoms with Crippen molar-refractivity contribution >= 4 is 33.7 Å². The van der Waals surface area contributed by atoms with Crippen LogP contribution in [0.1, 0.15) is 25.8 Å². The van der Waals surface area contributed by atoms with Crippen LogP contribution < -0.4 is 4.74 Å². The molecule has 0 aliphatic carbocycles. The molecule has 0 spiro atoms. The van der Waals surface area contributed by atoms with Gasteiger partial charge in [-0.2, -0.15) is 0 Å². The summed E-state index contributed by atoms with van der Waals surface area (Å²) >= 11 is 5.86. The van der Waals surface area contributed by atoms with Gasteiger partial charge in [-0.3, -0.25) is 0 Å². The number of hydrogen-bond acceptors (Lipinski definition) is 7. The summed E-state index contributed by atoms with van der Waals surface area (Å²) < 4.78 is 43.2. The van der Waals surface area contributed by atoms with E-state index in [9.17, 15) is 18.0 Å². The van der Waals surface area contributed by atoms with E-state index in [0.29, 0.717) is 15.1 Å². The van der Waals surface area contributed by atoms with Crippen molar-refractivity contribution < 1.29 is 32.2 Å². The third kappa shape index (κ3) is 4.83. The second-order valence-corrected chi connectivity index (χ2v) is 9.38. The fraction of sp³-hybridized carbons (Fsp3) is 0.364. The molecule has 1 amide bonds. The van der Waals surface area contributed by atoms with Crippen molar-refractivity contribution in [3.05, 3.63) is 59.1 Å². The van der Waals surface area contributed by atoms with Crippen molar-refractivity contribution in [1.82, 2.24) is 4.31 Å². The topological polar surface area (TPSA) is 99.2 Å².